The van der Waals surface area contributed by atoms with Gasteiger partial charge in [-0.2, -0.15) is 0 Å². The summed E-state index contributed by atoms with van der Waals surface area (Å²) in [5, 5.41) is 3.18. The van der Waals surface area contributed by atoms with Crippen LogP contribution in [0, 0.1) is 5.82 Å². The van der Waals surface area contributed by atoms with Gasteiger partial charge in [-0.1, -0.05) is 22.0 Å². The van der Waals surface area contributed by atoms with Crippen molar-refractivity contribution >= 4 is 25.8 Å². The van der Waals surface area contributed by atoms with Crippen molar-refractivity contribution in [3.8, 4) is 0 Å². The summed E-state index contributed by atoms with van der Waals surface area (Å²) in [5.74, 6) is 0.0839. The smallest absolute Gasteiger partial charge is 0.151 e. The van der Waals surface area contributed by atoms with E-state index in [-0.39, 0.29) is 29.4 Å². The van der Waals surface area contributed by atoms with Crippen molar-refractivity contribution in [1.82, 2.24) is 5.32 Å². The molecule has 0 saturated carbocycles. The molecule has 2 atom stereocenters. The Balaban J connectivity index is 2.06. The largest absolute Gasteiger partial charge is 0.306 e. The minimum Gasteiger partial charge on any atom is -0.306 e. The van der Waals surface area contributed by atoms with Crippen LogP contribution in [0.2, 0.25) is 0 Å². The Bertz CT molecular complexity index is 547. The zero-order valence-corrected chi connectivity index (χ0v) is 12.4. The molecule has 0 amide bonds. The lowest BCUT2D eigenvalue weighted by Gasteiger charge is -2.19. The van der Waals surface area contributed by atoms with Gasteiger partial charge >= 0.3 is 0 Å². The summed E-state index contributed by atoms with van der Waals surface area (Å²) < 4.78 is 37.1. The van der Waals surface area contributed by atoms with E-state index in [9.17, 15) is 12.8 Å². The topological polar surface area (TPSA) is 46.2 Å². The second kappa shape index (κ2) is 5.27. The van der Waals surface area contributed by atoms with Crippen LogP contribution in [-0.2, 0) is 9.84 Å². The Morgan fingerprint density at radius 1 is 1.50 bits per heavy atom. The van der Waals surface area contributed by atoms with Gasteiger partial charge in [-0.25, -0.2) is 12.8 Å². The molecule has 3 nitrogen and oxygen atoms in total. The van der Waals surface area contributed by atoms with Crippen LogP contribution in [-0.4, -0.2) is 26.0 Å². The fourth-order valence-corrected chi connectivity index (χ4v) is 4.24. The third-order valence-corrected chi connectivity index (χ3v) is 5.41. The lowest BCUT2D eigenvalue weighted by Crippen LogP contribution is -2.32. The van der Waals surface area contributed by atoms with Crippen LogP contribution in [0.4, 0.5) is 4.39 Å². The molecule has 2 unspecified atom stereocenters. The molecule has 0 aromatic heterocycles. The molecule has 1 fully saturated rings. The highest BCUT2D eigenvalue weighted by Gasteiger charge is 2.29. The zero-order chi connectivity index (χ0) is 13.3. The van der Waals surface area contributed by atoms with Gasteiger partial charge in [0.1, 0.15) is 5.82 Å². The van der Waals surface area contributed by atoms with E-state index in [0.717, 1.165) is 0 Å². The second-order valence-corrected chi connectivity index (χ2v) is 7.80. The molecule has 1 N–H and O–H groups in total. The summed E-state index contributed by atoms with van der Waals surface area (Å²) >= 11 is 3.21. The number of hydrogen-bond donors (Lipinski definition) is 1. The van der Waals surface area contributed by atoms with Gasteiger partial charge in [0.15, 0.2) is 9.84 Å². The van der Waals surface area contributed by atoms with Crippen molar-refractivity contribution in [2.45, 2.75) is 25.4 Å². The molecule has 6 heteroatoms. The van der Waals surface area contributed by atoms with Gasteiger partial charge in [0, 0.05) is 22.1 Å². The number of benzene rings is 1. The van der Waals surface area contributed by atoms with Crippen molar-refractivity contribution in [3.63, 3.8) is 0 Å². The Morgan fingerprint density at radius 2 is 2.22 bits per heavy atom. The average Bonchev–Trinajstić information content (AvgIpc) is 2.57. The number of sulfone groups is 1. The maximum atomic E-state index is 13.7. The number of halogens is 2. The molecule has 1 saturated heterocycles. The summed E-state index contributed by atoms with van der Waals surface area (Å²) in [6, 6.07) is 4.63. The fraction of sp³-hybridized carbons (Fsp3) is 0.500. The summed E-state index contributed by atoms with van der Waals surface area (Å²) in [7, 11) is -2.90. The molecule has 0 aliphatic carbocycles. The number of nitrogens with one attached hydrogen (secondary N) is 1. The molecule has 0 radical (unpaired) electrons. The summed E-state index contributed by atoms with van der Waals surface area (Å²) in [4.78, 5) is 0. The second-order valence-electron chi connectivity index (χ2n) is 4.65. The van der Waals surface area contributed by atoms with Gasteiger partial charge in [0.05, 0.1) is 11.5 Å². The Morgan fingerprint density at radius 3 is 2.78 bits per heavy atom. The fourth-order valence-electron chi connectivity index (χ4n) is 2.22. The van der Waals surface area contributed by atoms with Gasteiger partial charge < -0.3 is 5.32 Å². The van der Waals surface area contributed by atoms with Crippen LogP contribution in [0.3, 0.4) is 0 Å². The van der Waals surface area contributed by atoms with E-state index >= 15 is 0 Å². The minimum atomic E-state index is -2.90. The number of hydrogen-bond acceptors (Lipinski definition) is 3. The normalized spacial score (nSPS) is 24.1. The van der Waals surface area contributed by atoms with Crippen LogP contribution in [0.15, 0.2) is 22.7 Å². The Labute approximate surface area is 115 Å². The third-order valence-electron chi connectivity index (χ3n) is 3.15. The molecule has 1 aromatic rings. The highest BCUT2D eigenvalue weighted by Crippen LogP contribution is 2.23. The highest BCUT2D eigenvalue weighted by molar-refractivity contribution is 9.10. The molecule has 100 valence electrons. The maximum Gasteiger partial charge on any atom is 0.151 e. The number of rotatable bonds is 3. The van der Waals surface area contributed by atoms with Crippen LogP contribution in [0.5, 0.6) is 0 Å². The molecular weight excluding hydrogens is 321 g/mol. The van der Waals surface area contributed by atoms with Crippen LogP contribution >= 0.6 is 15.9 Å². The molecule has 0 bridgehead atoms. The SMILES string of the molecule is CC(NC1CCS(=O)(=O)C1)c1ccc(Br)cc1F. The summed E-state index contributed by atoms with van der Waals surface area (Å²) in [5.41, 5.74) is 0.558. The van der Waals surface area contributed by atoms with Gasteiger partial charge in [0.25, 0.3) is 0 Å². The first kappa shape index (κ1) is 14.0. The predicted molar refractivity (Wildman–Crippen MR) is 72.7 cm³/mol. The monoisotopic (exact) mass is 335 g/mol. The highest BCUT2D eigenvalue weighted by atomic mass is 79.9. The van der Waals surface area contributed by atoms with Gasteiger partial charge in [-0.3, -0.25) is 0 Å². The van der Waals surface area contributed by atoms with Crippen LogP contribution in [0.25, 0.3) is 0 Å². The van der Waals surface area contributed by atoms with Gasteiger partial charge in [-0.05, 0) is 25.5 Å². The van der Waals surface area contributed by atoms with E-state index in [1.807, 2.05) is 6.92 Å². The first-order valence-electron chi connectivity index (χ1n) is 5.79. The van der Waals surface area contributed by atoms with Crippen molar-refractivity contribution in [3.05, 3.63) is 34.1 Å². The van der Waals surface area contributed by atoms with E-state index in [1.165, 1.54) is 6.07 Å². The first-order chi connectivity index (χ1) is 8.37. The molecule has 1 aliphatic rings. The first-order valence-corrected chi connectivity index (χ1v) is 8.40. The summed E-state index contributed by atoms with van der Waals surface area (Å²) in [6.07, 6.45) is 0.602. The van der Waals surface area contributed by atoms with Crippen molar-refractivity contribution < 1.29 is 12.8 Å². The summed E-state index contributed by atoms with van der Waals surface area (Å²) in [6.45, 7) is 1.84. The zero-order valence-electron chi connectivity index (χ0n) is 9.99. The lowest BCUT2D eigenvalue weighted by atomic mass is 10.1. The molecule has 2 rings (SSSR count). The Hall–Kier alpha value is -0.460. The van der Waals surface area contributed by atoms with E-state index in [1.54, 1.807) is 12.1 Å². The standard InChI is InChI=1S/C12H15BrFNO2S/c1-8(11-3-2-9(13)6-12(11)14)15-10-4-5-18(16,17)7-10/h2-3,6,8,10,15H,4-5,7H2,1H3. The predicted octanol–water partition coefficient (Wildman–Crippen LogP) is 2.43. The molecule has 18 heavy (non-hydrogen) atoms. The van der Waals surface area contributed by atoms with Gasteiger partial charge in [0.2, 0.25) is 0 Å². The maximum absolute atomic E-state index is 13.7. The third kappa shape index (κ3) is 3.30. The minimum absolute atomic E-state index is 0.0759. The Kier molecular flexibility index (Phi) is 4.08. The van der Waals surface area contributed by atoms with Crippen LogP contribution in [0.1, 0.15) is 24.9 Å². The van der Waals surface area contributed by atoms with Crippen molar-refractivity contribution in [2.24, 2.45) is 0 Å². The molecule has 1 heterocycles. The van der Waals surface area contributed by atoms with Gasteiger partial charge in [-0.15, -0.1) is 0 Å². The molecular formula is C12H15BrFNO2S. The molecule has 0 spiro atoms. The van der Waals surface area contributed by atoms with E-state index in [0.29, 0.717) is 16.5 Å². The van der Waals surface area contributed by atoms with Crippen LogP contribution < -0.4 is 5.32 Å². The lowest BCUT2D eigenvalue weighted by molar-refractivity contribution is 0.467. The van der Waals surface area contributed by atoms with Crippen molar-refractivity contribution in [2.75, 3.05) is 11.5 Å². The molecule has 1 aliphatic heterocycles. The molecule has 1 aromatic carbocycles. The van der Waals surface area contributed by atoms with E-state index in [2.05, 4.69) is 21.2 Å². The van der Waals surface area contributed by atoms with E-state index in [4.69, 9.17) is 0 Å². The van der Waals surface area contributed by atoms with E-state index < -0.39 is 9.84 Å². The average molecular weight is 336 g/mol. The quantitative estimate of drug-likeness (QED) is 0.922. The van der Waals surface area contributed by atoms with Crippen molar-refractivity contribution in [1.29, 1.82) is 0 Å².